The average Bonchev–Trinajstić information content (AvgIpc) is 2.48. The number of benzene rings is 2. The third kappa shape index (κ3) is 3.56. The minimum Gasteiger partial charge on any atom is -0.457 e. The van der Waals surface area contributed by atoms with Gasteiger partial charge in [-0.05, 0) is 41.8 Å². The zero-order chi connectivity index (χ0) is 13.7. The van der Waals surface area contributed by atoms with E-state index in [0.717, 1.165) is 23.5 Å². The van der Waals surface area contributed by atoms with Gasteiger partial charge in [0.2, 0.25) is 0 Å². The summed E-state index contributed by atoms with van der Waals surface area (Å²) in [6.45, 7) is 2.34. The van der Waals surface area contributed by atoms with Gasteiger partial charge in [-0.3, -0.25) is 0 Å². The first-order valence-electron chi connectivity index (χ1n) is 6.48. The maximum atomic E-state index is 9.60. The number of aliphatic hydroxyl groups is 1. The lowest BCUT2D eigenvalue weighted by atomic mass is 10.1. The van der Waals surface area contributed by atoms with Crippen LogP contribution in [-0.4, -0.2) is 11.7 Å². The highest BCUT2D eigenvalue weighted by molar-refractivity contribution is 5.35. The van der Waals surface area contributed by atoms with Crippen LogP contribution in [0.15, 0.2) is 48.5 Å². The lowest BCUT2D eigenvalue weighted by molar-refractivity contribution is 0.186. The first-order chi connectivity index (χ1) is 9.22. The summed E-state index contributed by atoms with van der Waals surface area (Å²) in [7, 11) is 0. The van der Waals surface area contributed by atoms with Crippen molar-refractivity contribution in [1.29, 1.82) is 0 Å². The zero-order valence-corrected chi connectivity index (χ0v) is 11.0. The van der Waals surface area contributed by atoms with E-state index in [2.05, 4.69) is 19.1 Å². The Morgan fingerprint density at radius 3 is 2.00 bits per heavy atom. The Bertz CT molecular complexity index is 505. The Morgan fingerprint density at radius 1 is 1.00 bits per heavy atom. The molecule has 0 saturated carbocycles. The van der Waals surface area contributed by atoms with E-state index < -0.39 is 6.10 Å². The summed E-state index contributed by atoms with van der Waals surface area (Å²) in [6.07, 6.45) is 0.407. The Labute approximate surface area is 113 Å². The Hall–Kier alpha value is -1.84. The van der Waals surface area contributed by atoms with Gasteiger partial charge in [0.05, 0.1) is 6.10 Å². The highest BCUT2D eigenvalue weighted by Crippen LogP contribution is 2.23. The maximum absolute atomic E-state index is 9.60. The van der Waals surface area contributed by atoms with E-state index >= 15 is 0 Å². The molecule has 0 aliphatic rings. The summed E-state index contributed by atoms with van der Waals surface area (Å²) in [5, 5.41) is 9.60. The van der Waals surface area contributed by atoms with Gasteiger partial charge in [-0.2, -0.15) is 0 Å². The molecule has 0 aliphatic carbocycles. The quantitative estimate of drug-likeness (QED) is 0.865. The number of ether oxygens (including phenoxy) is 1. The van der Waals surface area contributed by atoms with E-state index in [0.29, 0.717) is 0 Å². The molecule has 0 radical (unpaired) electrons. The molecule has 0 bridgehead atoms. The highest BCUT2D eigenvalue weighted by Gasteiger charge is 2.05. The Kier molecular flexibility index (Phi) is 4.55. The van der Waals surface area contributed by atoms with Crippen LogP contribution in [0.5, 0.6) is 11.5 Å². The number of hydrogen-bond donors (Lipinski definition) is 2. The third-order valence-electron chi connectivity index (χ3n) is 3.06. The molecule has 100 valence electrons. The van der Waals surface area contributed by atoms with E-state index in [9.17, 15) is 5.11 Å². The number of aryl methyl sites for hydroxylation is 1. The molecule has 3 nitrogen and oxygen atoms in total. The average molecular weight is 257 g/mol. The molecule has 0 fully saturated rings. The minimum absolute atomic E-state index is 0.221. The van der Waals surface area contributed by atoms with Crippen LogP contribution >= 0.6 is 0 Å². The van der Waals surface area contributed by atoms with Gasteiger partial charge in [0.25, 0.3) is 0 Å². The molecule has 0 saturated heterocycles. The van der Waals surface area contributed by atoms with Gasteiger partial charge in [-0.25, -0.2) is 0 Å². The van der Waals surface area contributed by atoms with Crippen LogP contribution in [0.3, 0.4) is 0 Å². The summed E-state index contributed by atoms with van der Waals surface area (Å²) in [6, 6.07) is 15.4. The second-order valence-corrected chi connectivity index (χ2v) is 4.42. The van der Waals surface area contributed by atoms with E-state index in [1.807, 2.05) is 36.4 Å². The van der Waals surface area contributed by atoms with Crippen molar-refractivity contribution in [2.75, 3.05) is 6.54 Å². The largest absolute Gasteiger partial charge is 0.457 e. The molecule has 3 heteroatoms. The third-order valence-corrected chi connectivity index (χ3v) is 3.06. The van der Waals surface area contributed by atoms with Crippen LogP contribution in [0.25, 0.3) is 0 Å². The lowest BCUT2D eigenvalue weighted by Gasteiger charge is -2.10. The molecular weight excluding hydrogens is 238 g/mol. The van der Waals surface area contributed by atoms with Crippen molar-refractivity contribution in [3.05, 3.63) is 59.7 Å². The predicted octanol–water partition coefficient (Wildman–Crippen LogP) is 3.03. The highest BCUT2D eigenvalue weighted by atomic mass is 16.5. The monoisotopic (exact) mass is 257 g/mol. The van der Waals surface area contributed by atoms with E-state index in [-0.39, 0.29) is 6.54 Å². The van der Waals surface area contributed by atoms with Crippen molar-refractivity contribution in [3.63, 3.8) is 0 Å². The minimum atomic E-state index is -0.613. The molecule has 3 N–H and O–H groups in total. The van der Waals surface area contributed by atoms with Crippen molar-refractivity contribution in [2.24, 2.45) is 5.73 Å². The van der Waals surface area contributed by atoms with Crippen molar-refractivity contribution in [3.8, 4) is 11.5 Å². The van der Waals surface area contributed by atoms with Crippen molar-refractivity contribution in [2.45, 2.75) is 19.4 Å². The number of rotatable bonds is 5. The van der Waals surface area contributed by atoms with Gasteiger partial charge in [-0.15, -0.1) is 0 Å². The fourth-order valence-corrected chi connectivity index (χ4v) is 1.82. The van der Waals surface area contributed by atoms with Crippen LogP contribution in [0.2, 0.25) is 0 Å². The van der Waals surface area contributed by atoms with Gasteiger partial charge in [-0.1, -0.05) is 31.2 Å². The maximum Gasteiger partial charge on any atom is 0.127 e. The van der Waals surface area contributed by atoms with Crippen molar-refractivity contribution < 1.29 is 9.84 Å². The van der Waals surface area contributed by atoms with Gasteiger partial charge in [0.1, 0.15) is 11.5 Å². The molecule has 0 amide bonds. The van der Waals surface area contributed by atoms with E-state index in [4.69, 9.17) is 10.5 Å². The van der Waals surface area contributed by atoms with Crippen LogP contribution < -0.4 is 10.5 Å². The fourth-order valence-electron chi connectivity index (χ4n) is 1.82. The van der Waals surface area contributed by atoms with Gasteiger partial charge >= 0.3 is 0 Å². The van der Waals surface area contributed by atoms with Crippen LogP contribution in [-0.2, 0) is 6.42 Å². The van der Waals surface area contributed by atoms with Crippen molar-refractivity contribution in [1.82, 2.24) is 0 Å². The molecule has 2 aromatic rings. The molecule has 2 aromatic carbocycles. The van der Waals surface area contributed by atoms with Gasteiger partial charge < -0.3 is 15.6 Å². The topological polar surface area (TPSA) is 55.5 Å². The molecule has 1 unspecified atom stereocenters. The predicted molar refractivity (Wildman–Crippen MR) is 76.4 cm³/mol. The second kappa shape index (κ2) is 6.36. The summed E-state index contributed by atoms with van der Waals surface area (Å²) < 4.78 is 5.73. The van der Waals surface area contributed by atoms with Crippen LogP contribution in [0, 0.1) is 0 Å². The summed E-state index contributed by atoms with van der Waals surface area (Å²) in [4.78, 5) is 0. The van der Waals surface area contributed by atoms with Crippen LogP contribution in [0.1, 0.15) is 24.2 Å². The number of aliphatic hydroxyl groups excluding tert-OH is 1. The lowest BCUT2D eigenvalue weighted by Crippen LogP contribution is -2.11. The molecular formula is C16H19NO2. The van der Waals surface area contributed by atoms with Crippen LogP contribution in [0.4, 0.5) is 0 Å². The molecule has 0 aliphatic heterocycles. The summed E-state index contributed by atoms with van der Waals surface area (Å²) in [5.74, 6) is 1.56. The molecule has 19 heavy (non-hydrogen) atoms. The zero-order valence-electron chi connectivity index (χ0n) is 11.0. The Balaban J connectivity index is 2.06. The van der Waals surface area contributed by atoms with E-state index in [1.165, 1.54) is 5.56 Å². The van der Waals surface area contributed by atoms with E-state index in [1.54, 1.807) is 0 Å². The van der Waals surface area contributed by atoms with Crippen molar-refractivity contribution >= 4 is 0 Å². The summed E-state index contributed by atoms with van der Waals surface area (Å²) in [5.41, 5.74) is 7.50. The number of nitrogens with two attached hydrogens (primary N) is 1. The molecule has 2 rings (SSSR count). The molecule has 0 spiro atoms. The molecule has 1 atom stereocenters. The molecule has 0 aromatic heterocycles. The standard InChI is InChI=1S/C16H19NO2/c1-2-12-3-7-14(8-4-12)19-15-9-5-13(6-10-15)16(18)11-17/h3-10,16,18H,2,11,17H2,1H3. The first-order valence-corrected chi connectivity index (χ1v) is 6.48. The SMILES string of the molecule is CCc1ccc(Oc2ccc(C(O)CN)cc2)cc1. The van der Waals surface area contributed by atoms with Gasteiger partial charge in [0, 0.05) is 6.54 Å². The first kappa shape index (κ1) is 13.6. The second-order valence-electron chi connectivity index (χ2n) is 4.42. The smallest absolute Gasteiger partial charge is 0.127 e. The summed E-state index contributed by atoms with van der Waals surface area (Å²) >= 11 is 0. The Morgan fingerprint density at radius 2 is 1.53 bits per heavy atom. The number of hydrogen-bond acceptors (Lipinski definition) is 3. The molecule has 0 heterocycles. The fraction of sp³-hybridized carbons (Fsp3) is 0.250. The van der Waals surface area contributed by atoms with Gasteiger partial charge in [0.15, 0.2) is 0 Å². The normalized spacial score (nSPS) is 12.2.